The number of nitrogens with one attached hydrogen (secondary N) is 1. The number of benzene rings is 2. The molecule has 4 rings (SSSR count). The number of para-hydroxylation sites is 1. The molecule has 4 aromatic rings. The Hall–Kier alpha value is -3.32. The minimum atomic E-state index is -3.86. The molecule has 0 aliphatic carbocycles. The van der Waals surface area contributed by atoms with Gasteiger partial charge in [0.1, 0.15) is 16.3 Å². The third-order valence-corrected chi connectivity index (χ3v) is 6.12. The zero-order valence-corrected chi connectivity index (χ0v) is 17.2. The predicted octanol–water partition coefficient (Wildman–Crippen LogP) is 4.43. The molecule has 7 heteroatoms. The minimum absolute atomic E-state index is 0.0978. The van der Waals surface area contributed by atoms with Gasteiger partial charge in [-0.2, -0.15) is 0 Å². The number of hydrogen-bond donors (Lipinski definition) is 1. The van der Waals surface area contributed by atoms with Crippen LogP contribution in [-0.2, 0) is 10.0 Å². The van der Waals surface area contributed by atoms with Crippen LogP contribution in [0.5, 0.6) is 5.75 Å². The average molecular weight is 407 g/mol. The maximum absolute atomic E-state index is 13.1. The van der Waals surface area contributed by atoms with Crippen molar-refractivity contribution >= 4 is 21.4 Å². The summed E-state index contributed by atoms with van der Waals surface area (Å²) in [6.45, 7) is 3.83. The monoisotopic (exact) mass is 407 g/mol. The summed E-state index contributed by atoms with van der Waals surface area (Å²) in [7, 11) is -2.40. The molecule has 2 heterocycles. The van der Waals surface area contributed by atoms with Crippen molar-refractivity contribution in [3.8, 4) is 17.0 Å². The molecule has 0 aliphatic heterocycles. The second-order valence-corrected chi connectivity index (χ2v) is 8.50. The fourth-order valence-corrected chi connectivity index (χ4v) is 4.61. The Balaban J connectivity index is 1.79. The van der Waals surface area contributed by atoms with Crippen molar-refractivity contribution in [2.75, 3.05) is 11.8 Å². The van der Waals surface area contributed by atoms with Crippen LogP contribution >= 0.6 is 0 Å². The molecule has 0 saturated heterocycles. The summed E-state index contributed by atoms with van der Waals surface area (Å²) in [5.74, 6) is 0.295. The number of hydrogen-bond acceptors (Lipinski definition) is 4. The molecule has 0 atom stereocenters. The number of fused-ring (bicyclic) bond motifs is 1. The zero-order chi connectivity index (χ0) is 20.6. The Morgan fingerprint density at radius 2 is 1.83 bits per heavy atom. The zero-order valence-electron chi connectivity index (χ0n) is 16.4. The Labute approximate surface area is 169 Å². The van der Waals surface area contributed by atoms with E-state index in [4.69, 9.17) is 9.72 Å². The highest BCUT2D eigenvalue weighted by Gasteiger charge is 2.22. The van der Waals surface area contributed by atoms with Crippen LogP contribution in [-0.4, -0.2) is 24.9 Å². The molecule has 0 amide bonds. The van der Waals surface area contributed by atoms with Gasteiger partial charge in [0.05, 0.1) is 18.5 Å². The summed E-state index contributed by atoms with van der Waals surface area (Å²) < 4.78 is 36.1. The van der Waals surface area contributed by atoms with Crippen molar-refractivity contribution in [2.24, 2.45) is 0 Å². The largest absolute Gasteiger partial charge is 0.495 e. The SMILES string of the molecule is COc1ccc(C)cc1S(=O)(=O)Nc1ccccc1-c1cn2cccc(C)c2n1. The Morgan fingerprint density at radius 1 is 1.03 bits per heavy atom. The van der Waals surface area contributed by atoms with E-state index in [1.807, 2.05) is 61.0 Å². The number of nitrogens with zero attached hydrogens (tertiary/aromatic N) is 2. The highest BCUT2D eigenvalue weighted by atomic mass is 32.2. The fourth-order valence-electron chi connectivity index (χ4n) is 3.27. The lowest BCUT2D eigenvalue weighted by Crippen LogP contribution is -2.15. The minimum Gasteiger partial charge on any atom is -0.495 e. The third kappa shape index (κ3) is 3.56. The second kappa shape index (κ2) is 7.25. The van der Waals surface area contributed by atoms with Crippen molar-refractivity contribution in [3.63, 3.8) is 0 Å². The molecule has 0 bridgehead atoms. The maximum Gasteiger partial charge on any atom is 0.265 e. The fraction of sp³-hybridized carbons (Fsp3) is 0.136. The molecule has 0 radical (unpaired) electrons. The van der Waals surface area contributed by atoms with Gasteiger partial charge in [-0.3, -0.25) is 4.72 Å². The van der Waals surface area contributed by atoms with Gasteiger partial charge in [-0.05, 0) is 49.2 Å². The van der Waals surface area contributed by atoms with Crippen LogP contribution in [0.25, 0.3) is 16.9 Å². The van der Waals surface area contributed by atoms with Gasteiger partial charge in [-0.25, -0.2) is 13.4 Å². The Bertz CT molecular complexity index is 1310. The lowest BCUT2D eigenvalue weighted by atomic mass is 10.1. The normalized spacial score (nSPS) is 11.6. The van der Waals surface area contributed by atoms with Gasteiger partial charge in [0, 0.05) is 18.0 Å². The molecule has 0 aliphatic rings. The van der Waals surface area contributed by atoms with Crippen LogP contribution in [0.3, 0.4) is 0 Å². The van der Waals surface area contributed by atoms with Crippen molar-refractivity contribution in [1.29, 1.82) is 0 Å². The molecule has 2 aromatic carbocycles. The summed E-state index contributed by atoms with van der Waals surface area (Å²) in [5.41, 5.74) is 4.55. The second-order valence-electron chi connectivity index (χ2n) is 6.85. The molecule has 2 aromatic heterocycles. The van der Waals surface area contributed by atoms with E-state index in [2.05, 4.69) is 4.72 Å². The number of rotatable bonds is 5. The first-order valence-corrected chi connectivity index (χ1v) is 10.6. The lowest BCUT2D eigenvalue weighted by molar-refractivity contribution is 0.402. The van der Waals surface area contributed by atoms with E-state index in [0.29, 0.717) is 22.7 Å². The molecular weight excluding hydrogens is 386 g/mol. The average Bonchev–Trinajstić information content (AvgIpc) is 3.13. The van der Waals surface area contributed by atoms with Crippen molar-refractivity contribution < 1.29 is 13.2 Å². The highest BCUT2D eigenvalue weighted by Crippen LogP contribution is 2.32. The van der Waals surface area contributed by atoms with E-state index in [9.17, 15) is 8.42 Å². The van der Waals surface area contributed by atoms with Crippen LogP contribution < -0.4 is 9.46 Å². The summed E-state index contributed by atoms with van der Waals surface area (Å²) in [5, 5.41) is 0. The van der Waals surface area contributed by atoms with Gasteiger partial charge in [-0.1, -0.05) is 30.3 Å². The van der Waals surface area contributed by atoms with Crippen LogP contribution in [0, 0.1) is 13.8 Å². The van der Waals surface area contributed by atoms with Crippen molar-refractivity contribution in [1.82, 2.24) is 9.38 Å². The molecule has 0 saturated carbocycles. The van der Waals surface area contributed by atoms with Gasteiger partial charge in [0.2, 0.25) is 0 Å². The first-order chi connectivity index (χ1) is 13.9. The van der Waals surface area contributed by atoms with E-state index in [1.54, 1.807) is 24.3 Å². The summed E-state index contributed by atoms with van der Waals surface area (Å²) in [6.07, 6.45) is 3.81. The lowest BCUT2D eigenvalue weighted by Gasteiger charge is -2.14. The highest BCUT2D eigenvalue weighted by molar-refractivity contribution is 7.92. The van der Waals surface area contributed by atoms with Gasteiger partial charge >= 0.3 is 0 Å². The smallest absolute Gasteiger partial charge is 0.265 e. The molecule has 0 unspecified atom stereocenters. The summed E-state index contributed by atoms with van der Waals surface area (Å²) in [6, 6.07) is 16.2. The molecule has 0 fully saturated rings. The predicted molar refractivity (Wildman–Crippen MR) is 114 cm³/mol. The van der Waals surface area contributed by atoms with Crippen LogP contribution in [0.4, 0.5) is 5.69 Å². The van der Waals surface area contributed by atoms with E-state index in [1.165, 1.54) is 7.11 Å². The van der Waals surface area contributed by atoms with Crippen LogP contribution in [0.2, 0.25) is 0 Å². The first-order valence-electron chi connectivity index (χ1n) is 9.10. The number of ether oxygens (including phenoxy) is 1. The van der Waals surface area contributed by atoms with E-state index >= 15 is 0 Å². The number of aromatic nitrogens is 2. The Kier molecular flexibility index (Phi) is 4.76. The Morgan fingerprint density at radius 3 is 2.59 bits per heavy atom. The number of pyridine rings is 1. The number of anilines is 1. The molecule has 1 N–H and O–H groups in total. The maximum atomic E-state index is 13.1. The van der Waals surface area contributed by atoms with E-state index in [0.717, 1.165) is 16.8 Å². The van der Waals surface area contributed by atoms with Gasteiger partial charge < -0.3 is 9.14 Å². The van der Waals surface area contributed by atoms with E-state index in [-0.39, 0.29) is 4.90 Å². The third-order valence-electron chi connectivity index (χ3n) is 4.73. The quantitative estimate of drug-likeness (QED) is 0.531. The first kappa shape index (κ1) is 19.0. The van der Waals surface area contributed by atoms with Gasteiger partial charge in [0.25, 0.3) is 10.0 Å². The van der Waals surface area contributed by atoms with E-state index < -0.39 is 10.0 Å². The number of sulfonamides is 1. The number of imidazole rings is 1. The molecule has 0 spiro atoms. The molecular formula is C22H21N3O3S. The van der Waals surface area contributed by atoms with Crippen LogP contribution in [0.1, 0.15) is 11.1 Å². The molecule has 6 nitrogen and oxygen atoms in total. The number of methoxy groups -OCH3 is 1. The van der Waals surface area contributed by atoms with Crippen LogP contribution in [0.15, 0.2) is 71.9 Å². The topological polar surface area (TPSA) is 72.7 Å². The number of aryl methyl sites for hydroxylation is 2. The summed E-state index contributed by atoms with van der Waals surface area (Å²) in [4.78, 5) is 4.80. The molecule has 148 valence electrons. The standard InChI is InChI=1S/C22H21N3O3S/c1-15-10-11-20(28-3)21(13-15)29(26,27)24-18-9-5-4-8-17(18)19-14-25-12-6-7-16(2)22(25)23-19/h4-14,24H,1-3H3. The van der Waals surface area contributed by atoms with Gasteiger partial charge in [-0.15, -0.1) is 0 Å². The van der Waals surface area contributed by atoms with Crippen molar-refractivity contribution in [3.05, 3.63) is 78.1 Å². The van der Waals surface area contributed by atoms with Crippen molar-refractivity contribution in [2.45, 2.75) is 18.7 Å². The summed E-state index contributed by atoms with van der Waals surface area (Å²) >= 11 is 0. The molecule has 29 heavy (non-hydrogen) atoms. The van der Waals surface area contributed by atoms with Gasteiger partial charge in [0.15, 0.2) is 0 Å².